The number of hydrogen-bond donors (Lipinski definition) is 0. The molecule has 0 amide bonds. The maximum atomic E-state index is 11.4. The number of esters is 1. The third-order valence-corrected chi connectivity index (χ3v) is 2.03. The molecule has 0 N–H and O–H groups in total. The van der Waals surface area contributed by atoms with E-state index in [0.717, 1.165) is 16.7 Å². The maximum Gasteiger partial charge on any atom is 0.352 e. The molecule has 0 spiro atoms. The number of benzene rings is 1. The molecule has 72 valence electrons. The van der Waals surface area contributed by atoms with Gasteiger partial charge in [0.2, 0.25) is 0 Å². The highest BCUT2D eigenvalue weighted by Crippen LogP contribution is 2.17. The van der Waals surface area contributed by atoms with Crippen molar-refractivity contribution in [2.24, 2.45) is 0 Å². The van der Waals surface area contributed by atoms with Crippen LogP contribution in [0.3, 0.4) is 0 Å². The summed E-state index contributed by atoms with van der Waals surface area (Å²) in [4.78, 5) is 11.4. The first-order valence-electron chi connectivity index (χ1n) is 4.31. The van der Waals surface area contributed by atoms with Crippen LogP contribution in [0.15, 0.2) is 12.1 Å². The van der Waals surface area contributed by atoms with Gasteiger partial charge in [-0.1, -0.05) is 24.1 Å². The monoisotopic (exact) mass is 188 g/mol. The van der Waals surface area contributed by atoms with E-state index < -0.39 is 5.97 Å². The van der Waals surface area contributed by atoms with Crippen molar-refractivity contribution in [3.63, 3.8) is 0 Å². The first-order valence-corrected chi connectivity index (χ1v) is 4.31. The van der Waals surface area contributed by atoms with Crippen molar-refractivity contribution in [2.45, 2.75) is 20.8 Å². The van der Waals surface area contributed by atoms with Crippen molar-refractivity contribution in [3.8, 4) is 12.5 Å². The summed E-state index contributed by atoms with van der Waals surface area (Å²) in [6.45, 7) is 5.72. The molecule has 14 heavy (non-hydrogen) atoms. The molecule has 0 aromatic heterocycles. The molecule has 0 bridgehead atoms. The second kappa shape index (κ2) is 3.97. The van der Waals surface area contributed by atoms with Gasteiger partial charge in [-0.2, -0.15) is 0 Å². The zero-order valence-electron chi connectivity index (χ0n) is 8.55. The van der Waals surface area contributed by atoms with Crippen LogP contribution in [0.2, 0.25) is 0 Å². The van der Waals surface area contributed by atoms with Gasteiger partial charge in [-0.3, -0.25) is 0 Å². The number of rotatable bonds is 1. The van der Waals surface area contributed by atoms with Crippen molar-refractivity contribution in [3.05, 3.63) is 34.4 Å². The van der Waals surface area contributed by atoms with Gasteiger partial charge in [0.05, 0.1) is 5.56 Å². The third-order valence-electron chi connectivity index (χ3n) is 2.03. The normalized spacial score (nSPS) is 9.29. The van der Waals surface area contributed by atoms with E-state index in [9.17, 15) is 4.79 Å². The molecule has 0 saturated heterocycles. The van der Waals surface area contributed by atoms with E-state index in [1.165, 1.54) is 0 Å². The van der Waals surface area contributed by atoms with Crippen LogP contribution < -0.4 is 0 Å². The van der Waals surface area contributed by atoms with E-state index in [2.05, 4.69) is 4.74 Å². The quantitative estimate of drug-likeness (QED) is 0.499. The first kappa shape index (κ1) is 10.3. The summed E-state index contributed by atoms with van der Waals surface area (Å²) in [5.74, 6) is -0.456. The Hall–Kier alpha value is -1.75. The SMILES string of the molecule is C#COC(=O)c1c(C)cc(C)cc1C. The van der Waals surface area contributed by atoms with Crippen molar-refractivity contribution < 1.29 is 9.53 Å². The van der Waals surface area contributed by atoms with E-state index in [1.54, 1.807) is 0 Å². The number of carbonyl (C=O) groups is 1. The second-order valence-corrected chi connectivity index (χ2v) is 3.28. The Kier molecular flexibility index (Phi) is 2.93. The fourth-order valence-electron chi connectivity index (χ4n) is 1.61. The van der Waals surface area contributed by atoms with E-state index in [1.807, 2.05) is 39.0 Å². The lowest BCUT2D eigenvalue weighted by atomic mass is 10.0. The predicted octanol–water partition coefficient (Wildman–Crippen LogP) is 2.36. The largest absolute Gasteiger partial charge is 0.369 e. The molecule has 0 aliphatic heterocycles. The van der Waals surface area contributed by atoms with E-state index in [-0.39, 0.29) is 0 Å². The number of carbonyl (C=O) groups excluding carboxylic acids is 1. The minimum Gasteiger partial charge on any atom is -0.369 e. The van der Waals surface area contributed by atoms with Crippen molar-refractivity contribution in [1.82, 2.24) is 0 Å². The minimum absolute atomic E-state index is 0.456. The van der Waals surface area contributed by atoms with Crippen LogP contribution in [-0.4, -0.2) is 5.97 Å². The summed E-state index contributed by atoms with van der Waals surface area (Å²) < 4.78 is 4.52. The Morgan fingerprint density at radius 3 is 2.21 bits per heavy atom. The van der Waals surface area contributed by atoms with Crippen molar-refractivity contribution >= 4 is 5.97 Å². The Bertz CT molecular complexity index is 388. The molecule has 1 aromatic rings. The van der Waals surface area contributed by atoms with Gasteiger partial charge in [-0.15, -0.1) is 0 Å². The molecule has 0 atom stereocenters. The van der Waals surface area contributed by atoms with E-state index in [4.69, 9.17) is 6.42 Å². The molecule has 0 fully saturated rings. The Balaban J connectivity index is 3.22. The Morgan fingerprint density at radius 1 is 1.29 bits per heavy atom. The topological polar surface area (TPSA) is 26.3 Å². The standard InChI is InChI=1S/C12H12O2/c1-5-14-12(13)11-9(3)6-8(2)7-10(11)4/h1,6-7H,2-4H3. The zero-order valence-corrected chi connectivity index (χ0v) is 8.55. The van der Waals surface area contributed by atoms with Gasteiger partial charge in [0.15, 0.2) is 0 Å². The molecule has 0 aliphatic carbocycles. The van der Waals surface area contributed by atoms with Crippen LogP contribution in [-0.2, 0) is 4.74 Å². The van der Waals surface area contributed by atoms with E-state index >= 15 is 0 Å². The molecule has 0 saturated carbocycles. The lowest BCUT2D eigenvalue weighted by Gasteiger charge is -2.07. The van der Waals surface area contributed by atoms with Gasteiger partial charge >= 0.3 is 5.97 Å². The van der Waals surface area contributed by atoms with Crippen molar-refractivity contribution in [1.29, 1.82) is 0 Å². The van der Waals surface area contributed by atoms with Gasteiger partial charge in [0.25, 0.3) is 0 Å². The van der Waals surface area contributed by atoms with E-state index in [0.29, 0.717) is 5.56 Å². The van der Waals surface area contributed by atoms with Crippen LogP contribution in [0.5, 0.6) is 0 Å². The van der Waals surface area contributed by atoms with Crippen LogP contribution in [0, 0.1) is 33.3 Å². The van der Waals surface area contributed by atoms with Crippen LogP contribution >= 0.6 is 0 Å². The number of terminal acetylenes is 1. The number of aryl methyl sites for hydroxylation is 3. The highest BCUT2D eigenvalue weighted by Gasteiger charge is 2.13. The van der Waals surface area contributed by atoms with Crippen LogP contribution in [0.1, 0.15) is 27.0 Å². The smallest absolute Gasteiger partial charge is 0.352 e. The first-order chi connectivity index (χ1) is 6.56. The molecular weight excluding hydrogens is 176 g/mol. The molecule has 0 aliphatic rings. The summed E-state index contributed by atoms with van der Waals surface area (Å²) >= 11 is 0. The molecule has 2 heteroatoms. The fourth-order valence-corrected chi connectivity index (χ4v) is 1.61. The molecule has 1 rings (SSSR count). The average Bonchev–Trinajstić information content (AvgIpc) is 2.01. The van der Waals surface area contributed by atoms with Gasteiger partial charge in [0.1, 0.15) is 6.11 Å². The Morgan fingerprint density at radius 2 is 1.79 bits per heavy atom. The van der Waals surface area contributed by atoms with Gasteiger partial charge in [-0.25, -0.2) is 4.79 Å². The predicted molar refractivity (Wildman–Crippen MR) is 54.9 cm³/mol. The second-order valence-electron chi connectivity index (χ2n) is 3.28. The minimum atomic E-state index is -0.456. The Labute approximate surface area is 83.9 Å². The molecule has 0 heterocycles. The highest BCUT2D eigenvalue weighted by molar-refractivity contribution is 5.93. The van der Waals surface area contributed by atoms with Gasteiger partial charge in [-0.05, 0) is 31.9 Å². The summed E-state index contributed by atoms with van der Waals surface area (Å²) in [7, 11) is 0. The molecular formula is C12H12O2. The molecule has 0 radical (unpaired) electrons. The maximum absolute atomic E-state index is 11.4. The third kappa shape index (κ3) is 1.94. The highest BCUT2D eigenvalue weighted by atomic mass is 16.5. The molecule has 0 unspecified atom stereocenters. The van der Waals surface area contributed by atoms with Gasteiger partial charge in [0, 0.05) is 0 Å². The summed E-state index contributed by atoms with van der Waals surface area (Å²) in [6, 6.07) is 3.86. The zero-order chi connectivity index (χ0) is 10.7. The molecule has 2 nitrogen and oxygen atoms in total. The number of ether oxygens (including phenoxy) is 1. The summed E-state index contributed by atoms with van der Waals surface area (Å²) in [6.07, 6.45) is 6.79. The van der Waals surface area contributed by atoms with Crippen LogP contribution in [0.4, 0.5) is 0 Å². The lowest BCUT2D eigenvalue weighted by molar-refractivity contribution is 0.0689. The lowest BCUT2D eigenvalue weighted by Crippen LogP contribution is -2.06. The number of hydrogen-bond acceptors (Lipinski definition) is 2. The van der Waals surface area contributed by atoms with Crippen molar-refractivity contribution in [2.75, 3.05) is 0 Å². The summed E-state index contributed by atoms with van der Waals surface area (Å²) in [5, 5.41) is 0. The molecule has 1 aromatic carbocycles. The average molecular weight is 188 g/mol. The van der Waals surface area contributed by atoms with Crippen LogP contribution in [0.25, 0.3) is 0 Å². The summed E-state index contributed by atoms with van der Waals surface area (Å²) in [5.41, 5.74) is 3.47. The van der Waals surface area contributed by atoms with Gasteiger partial charge < -0.3 is 4.74 Å². The fraction of sp³-hybridized carbons (Fsp3) is 0.250.